The van der Waals surface area contributed by atoms with Gasteiger partial charge in [-0.15, -0.1) is 10.2 Å². The number of fused-ring (bicyclic) bond motifs is 3. The standard InChI is InChI=1S/C26H23BClN5O4/c1-15-31-32-26-22(14-24(34)29-19-9-5-17(6-10-19)27(35)36)30-25(16-3-7-18(28)8-4-16)21-13-20(37-2)11-12-23(21)33(15)26/h3-13,22,35-36H,14H2,1-2H3,(H,29,34)/t22-/m0/s1. The van der Waals surface area contributed by atoms with Crippen molar-refractivity contribution in [3.63, 3.8) is 0 Å². The van der Waals surface area contributed by atoms with Crippen molar-refractivity contribution in [2.45, 2.75) is 19.4 Å². The minimum absolute atomic E-state index is 0.00469. The Morgan fingerprint density at radius 1 is 1.08 bits per heavy atom. The van der Waals surface area contributed by atoms with Crippen molar-refractivity contribution in [2.24, 2.45) is 4.99 Å². The summed E-state index contributed by atoms with van der Waals surface area (Å²) in [5, 5.41) is 30.7. The molecule has 0 unspecified atom stereocenters. The summed E-state index contributed by atoms with van der Waals surface area (Å²) >= 11 is 6.15. The van der Waals surface area contributed by atoms with E-state index in [0.717, 1.165) is 16.8 Å². The van der Waals surface area contributed by atoms with Crippen LogP contribution >= 0.6 is 11.6 Å². The summed E-state index contributed by atoms with van der Waals surface area (Å²) in [6.07, 6.45) is 0.00469. The van der Waals surface area contributed by atoms with Gasteiger partial charge in [-0.3, -0.25) is 14.4 Å². The number of amides is 1. The number of benzene rings is 3. The van der Waals surface area contributed by atoms with Gasteiger partial charge in [0.25, 0.3) is 0 Å². The van der Waals surface area contributed by atoms with E-state index in [-0.39, 0.29) is 12.3 Å². The highest BCUT2D eigenvalue weighted by Gasteiger charge is 2.30. The molecule has 0 fully saturated rings. The minimum Gasteiger partial charge on any atom is -0.497 e. The highest BCUT2D eigenvalue weighted by Crippen LogP contribution is 2.34. The first-order valence-electron chi connectivity index (χ1n) is 11.5. The van der Waals surface area contributed by atoms with Crippen LogP contribution in [0, 0.1) is 6.92 Å². The van der Waals surface area contributed by atoms with Crippen molar-refractivity contribution < 1.29 is 19.6 Å². The van der Waals surface area contributed by atoms with Crippen molar-refractivity contribution in [1.82, 2.24) is 14.8 Å². The number of rotatable bonds is 6. The lowest BCUT2D eigenvalue weighted by Crippen LogP contribution is -2.29. The zero-order valence-corrected chi connectivity index (χ0v) is 20.8. The van der Waals surface area contributed by atoms with E-state index in [2.05, 4.69) is 15.5 Å². The van der Waals surface area contributed by atoms with Crippen molar-refractivity contribution in [3.8, 4) is 11.4 Å². The molecule has 0 saturated heterocycles. The fraction of sp³-hybridized carbons (Fsp3) is 0.154. The fourth-order valence-electron chi connectivity index (χ4n) is 4.30. The molecular weight excluding hydrogens is 493 g/mol. The number of carbonyl (C=O) groups excluding carboxylic acids is 1. The molecule has 5 rings (SSSR count). The number of ether oxygens (including phenoxy) is 1. The molecule has 1 aliphatic rings. The summed E-state index contributed by atoms with van der Waals surface area (Å²) in [5.74, 6) is 1.59. The van der Waals surface area contributed by atoms with Gasteiger partial charge in [0, 0.05) is 21.8 Å². The first-order valence-corrected chi connectivity index (χ1v) is 11.9. The van der Waals surface area contributed by atoms with Gasteiger partial charge in [-0.25, -0.2) is 0 Å². The SMILES string of the molecule is COc1ccc2c(c1)C(c1ccc(Cl)cc1)=N[C@@H](CC(=O)Nc1ccc(B(O)O)cc1)c1nnc(C)n1-2. The Labute approximate surface area is 218 Å². The first kappa shape index (κ1) is 24.7. The van der Waals surface area contributed by atoms with Crippen molar-refractivity contribution >= 4 is 41.5 Å². The molecule has 9 nitrogen and oxygen atoms in total. The number of nitrogens with zero attached hydrogens (tertiary/aromatic N) is 4. The molecule has 1 amide bonds. The molecule has 11 heteroatoms. The summed E-state index contributed by atoms with van der Waals surface area (Å²) in [5.41, 5.74) is 4.00. The third-order valence-corrected chi connectivity index (χ3v) is 6.37. The molecule has 0 bridgehead atoms. The van der Waals surface area contributed by atoms with E-state index in [1.807, 2.05) is 41.8 Å². The third-order valence-electron chi connectivity index (χ3n) is 6.12. The molecule has 2 heterocycles. The van der Waals surface area contributed by atoms with Gasteiger partial charge in [0.1, 0.15) is 17.6 Å². The van der Waals surface area contributed by atoms with Gasteiger partial charge >= 0.3 is 7.12 Å². The predicted molar refractivity (Wildman–Crippen MR) is 142 cm³/mol. The maximum Gasteiger partial charge on any atom is 0.488 e. The minimum atomic E-state index is -1.58. The van der Waals surface area contributed by atoms with Crippen LogP contribution in [0.3, 0.4) is 0 Å². The molecule has 186 valence electrons. The number of halogens is 1. The molecule has 4 aromatic rings. The lowest BCUT2D eigenvalue weighted by Gasteiger charge is -2.14. The second-order valence-corrected chi connectivity index (χ2v) is 9.01. The van der Waals surface area contributed by atoms with E-state index >= 15 is 0 Å². The Morgan fingerprint density at radius 3 is 2.49 bits per heavy atom. The first-order chi connectivity index (χ1) is 17.8. The molecule has 3 aromatic carbocycles. The number of anilines is 1. The maximum atomic E-state index is 13.1. The largest absolute Gasteiger partial charge is 0.497 e. The number of hydrogen-bond donors (Lipinski definition) is 3. The van der Waals surface area contributed by atoms with Crippen LogP contribution in [0.15, 0.2) is 71.7 Å². The average Bonchev–Trinajstić information content (AvgIpc) is 3.21. The number of nitrogens with one attached hydrogen (secondary N) is 1. The smallest absolute Gasteiger partial charge is 0.488 e. The number of hydrogen-bond acceptors (Lipinski definition) is 7. The third kappa shape index (κ3) is 4.99. The lowest BCUT2D eigenvalue weighted by atomic mass is 9.80. The van der Waals surface area contributed by atoms with Crippen LogP contribution in [0.1, 0.15) is 35.2 Å². The van der Waals surface area contributed by atoms with Crippen LogP contribution < -0.4 is 15.5 Å². The Kier molecular flexibility index (Phi) is 6.79. The molecule has 1 aromatic heterocycles. The van der Waals surface area contributed by atoms with Crippen LogP contribution in [-0.4, -0.2) is 50.7 Å². The van der Waals surface area contributed by atoms with Crippen LogP contribution in [-0.2, 0) is 4.79 Å². The number of aromatic nitrogens is 3. The monoisotopic (exact) mass is 515 g/mol. The molecule has 1 atom stereocenters. The molecule has 0 radical (unpaired) electrons. The van der Waals surface area contributed by atoms with E-state index < -0.39 is 13.2 Å². The summed E-state index contributed by atoms with van der Waals surface area (Å²) in [6.45, 7) is 1.85. The molecule has 0 aliphatic carbocycles. The average molecular weight is 516 g/mol. The number of aliphatic imine (C=N–C) groups is 1. The van der Waals surface area contributed by atoms with Crippen molar-refractivity contribution in [3.05, 3.63) is 94.5 Å². The highest BCUT2D eigenvalue weighted by molar-refractivity contribution is 6.58. The Bertz CT molecular complexity index is 1490. The van der Waals surface area contributed by atoms with E-state index in [4.69, 9.17) is 21.3 Å². The number of methoxy groups -OCH3 is 1. The number of aryl methyl sites for hydroxylation is 1. The van der Waals surface area contributed by atoms with Gasteiger partial charge in [-0.05, 0) is 54.9 Å². The zero-order chi connectivity index (χ0) is 26.1. The Morgan fingerprint density at radius 2 is 1.81 bits per heavy atom. The van der Waals surface area contributed by atoms with Crippen LogP contribution in [0.25, 0.3) is 5.69 Å². The summed E-state index contributed by atoms with van der Waals surface area (Å²) in [7, 11) is 0.0275. The van der Waals surface area contributed by atoms with Gasteiger partial charge in [0.05, 0.1) is 24.9 Å². The molecule has 0 saturated carbocycles. The van der Waals surface area contributed by atoms with Crippen LogP contribution in [0.5, 0.6) is 5.75 Å². The van der Waals surface area contributed by atoms with Crippen LogP contribution in [0.2, 0.25) is 5.02 Å². The second-order valence-electron chi connectivity index (χ2n) is 8.57. The Hall–Kier alpha value is -3.99. The van der Waals surface area contributed by atoms with Gasteiger partial charge in [-0.1, -0.05) is 35.9 Å². The predicted octanol–water partition coefficient (Wildman–Crippen LogP) is 2.84. The van der Waals surface area contributed by atoms with Gasteiger partial charge in [0.15, 0.2) is 5.82 Å². The Balaban J connectivity index is 1.56. The molecule has 37 heavy (non-hydrogen) atoms. The zero-order valence-electron chi connectivity index (χ0n) is 20.1. The highest BCUT2D eigenvalue weighted by atomic mass is 35.5. The molecule has 3 N–H and O–H groups in total. The molecular formula is C26H23BClN5O4. The van der Waals surface area contributed by atoms with Gasteiger partial charge in [0.2, 0.25) is 5.91 Å². The maximum absolute atomic E-state index is 13.1. The summed E-state index contributed by atoms with van der Waals surface area (Å²) in [6, 6.07) is 18.7. The van der Waals surface area contributed by atoms with Crippen LogP contribution in [0.4, 0.5) is 5.69 Å². The molecule has 0 spiro atoms. The van der Waals surface area contributed by atoms with Crippen molar-refractivity contribution in [1.29, 1.82) is 0 Å². The normalized spacial score (nSPS) is 14.2. The topological polar surface area (TPSA) is 122 Å². The summed E-state index contributed by atoms with van der Waals surface area (Å²) < 4.78 is 7.41. The van der Waals surface area contributed by atoms with Gasteiger partial charge < -0.3 is 20.1 Å². The summed E-state index contributed by atoms with van der Waals surface area (Å²) in [4.78, 5) is 18.1. The van der Waals surface area contributed by atoms with Gasteiger partial charge in [-0.2, -0.15) is 0 Å². The van der Waals surface area contributed by atoms with E-state index in [0.29, 0.717) is 39.3 Å². The van der Waals surface area contributed by atoms with E-state index in [9.17, 15) is 14.8 Å². The van der Waals surface area contributed by atoms with E-state index in [1.54, 1.807) is 31.4 Å². The van der Waals surface area contributed by atoms with Crippen molar-refractivity contribution in [2.75, 3.05) is 12.4 Å². The second kappa shape index (κ2) is 10.2. The quantitative estimate of drug-likeness (QED) is 0.340. The fourth-order valence-corrected chi connectivity index (χ4v) is 4.43. The molecule has 1 aliphatic heterocycles. The number of carbonyl (C=O) groups is 1. The lowest BCUT2D eigenvalue weighted by molar-refractivity contribution is -0.116. The van der Waals surface area contributed by atoms with E-state index in [1.165, 1.54) is 12.1 Å².